The monoisotopic (exact) mass is 404 g/mol. The van der Waals surface area contributed by atoms with Gasteiger partial charge in [0, 0.05) is 49.1 Å². The molecule has 0 spiro atoms. The third-order valence-corrected chi connectivity index (χ3v) is 6.97. The minimum atomic E-state index is 0.183. The molecule has 3 heterocycles. The molecular formula is C23H24N4OS. The zero-order valence-corrected chi connectivity index (χ0v) is 17.4. The van der Waals surface area contributed by atoms with Crippen LogP contribution in [-0.4, -0.2) is 41.9 Å². The topological polar surface area (TPSA) is 49.3 Å². The van der Waals surface area contributed by atoms with E-state index in [1.54, 1.807) is 11.3 Å². The first kappa shape index (κ1) is 18.3. The van der Waals surface area contributed by atoms with Crippen LogP contribution in [0.25, 0.3) is 0 Å². The normalized spacial score (nSPS) is 19.3. The molecule has 1 atom stereocenters. The molecule has 1 unspecified atom stereocenters. The van der Waals surface area contributed by atoms with Crippen molar-refractivity contribution in [2.45, 2.75) is 25.7 Å². The van der Waals surface area contributed by atoms with Crippen molar-refractivity contribution in [2.75, 3.05) is 36.0 Å². The molecule has 1 saturated heterocycles. The van der Waals surface area contributed by atoms with Crippen molar-refractivity contribution in [1.82, 2.24) is 9.97 Å². The van der Waals surface area contributed by atoms with E-state index in [1.165, 1.54) is 10.6 Å². The van der Waals surface area contributed by atoms with E-state index >= 15 is 0 Å². The van der Waals surface area contributed by atoms with Gasteiger partial charge in [-0.05, 0) is 36.9 Å². The maximum atomic E-state index is 12.8. The highest BCUT2D eigenvalue weighted by molar-refractivity contribution is 7.10. The number of anilines is 2. The van der Waals surface area contributed by atoms with E-state index in [4.69, 9.17) is 9.97 Å². The first-order chi connectivity index (χ1) is 14.2. The fraction of sp³-hybridized carbons (Fsp3) is 0.348. The Hall–Kier alpha value is -2.73. The van der Waals surface area contributed by atoms with Gasteiger partial charge >= 0.3 is 0 Å². The SMILES string of the molecule is Cc1nc(N2CCN(c3ccccc3)CC2)nc2c1C(=O)CC(c1cccs1)C2. The molecule has 5 nitrogen and oxygen atoms in total. The fourth-order valence-electron chi connectivity index (χ4n) is 4.43. The van der Waals surface area contributed by atoms with Crippen LogP contribution >= 0.6 is 11.3 Å². The van der Waals surface area contributed by atoms with Crippen molar-refractivity contribution in [3.63, 3.8) is 0 Å². The maximum absolute atomic E-state index is 12.8. The van der Waals surface area contributed by atoms with Gasteiger partial charge in [0.05, 0.1) is 17.0 Å². The van der Waals surface area contributed by atoms with Gasteiger partial charge in [-0.2, -0.15) is 0 Å². The molecular weight excluding hydrogens is 380 g/mol. The lowest BCUT2D eigenvalue weighted by Gasteiger charge is -2.36. The Morgan fingerprint density at radius 3 is 2.41 bits per heavy atom. The number of benzene rings is 1. The van der Waals surface area contributed by atoms with E-state index in [2.05, 4.69) is 51.6 Å². The second-order valence-corrected chi connectivity index (χ2v) is 8.76. The minimum absolute atomic E-state index is 0.183. The van der Waals surface area contributed by atoms with E-state index < -0.39 is 0 Å². The first-order valence-electron chi connectivity index (χ1n) is 10.2. The zero-order valence-electron chi connectivity index (χ0n) is 16.5. The number of para-hydroxylation sites is 1. The maximum Gasteiger partial charge on any atom is 0.225 e. The van der Waals surface area contributed by atoms with Gasteiger partial charge in [0.1, 0.15) is 0 Å². The van der Waals surface area contributed by atoms with Crippen molar-refractivity contribution in [1.29, 1.82) is 0 Å². The fourth-order valence-corrected chi connectivity index (χ4v) is 5.26. The number of aryl methyl sites for hydroxylation is 1. The van der Waals surface area contributed by atoms with Crippen LogP contribution in [0.1, 0.15) is 39.0 Å². The number of Topliss-reactive ketones (excluding diaryl/α,β-unsaturated/α-hetero) is 1. The number of thiophene rings is 1. The highest BCUT2D eigenvalue weighted by atomic mass is 32.1. The lowest BCUT2D eigenvalue weighted by atomic mass is 9.84. The zero-order chi connectivity index (χ0) is 19.8. The van der Waals surface area contributed by atoms with Crippen LogP contribution in [-0.2, 0) is 6.42 Å². The van der Waals surface area contributed by atoms with Crippen LogP contribution in [0, 0.1) is 6.92 Å². The summed E-state index contributed by atoms with van der Waals surface area (Å²) in [6.07, 6.45) is 1.38. The summed E-state index contributed by atoms with van der Waals surface area (Å²) in [6.45, 7) is 5.61. The summed E-state index contributed by atoms with van der Waals surface area (Å²) in [6, 6.07) is 14.7. The van der Waals surface area contributed by atoms with Gasteiger partial charge in [0.2, 0.25) is 5.95 Å². The Morgan fingerprint density at radius 2 is 1.69 bits per heavy atom. The molecule has 29 heavy (non-hydrogen) atoms. The Kier molecular flexibility index (Phi) is 4.79. The van der Waals surface area contributed by atoms with Crippen LogP contribution < -0.4 is 9.80 Å². The number of hydrogen-bond donors (Lipinski definition) is 0. The molecule has 1 aliphatic heterocycles. The number of hydrogen-bond acceptors (Lipinski definition) is 6. The molecule has 2 aromatic heterocycles. The molecule has 0 N–H and O–H groups in total. The van der Waals surface area contributed by atoms with Gasteiger partial charge < -0.3 is 9.80 Å². The predicted octanol–water partition coefficient (Wildman–Crippen LogP) is 4.09. The number of carbonyl (C=O) groups is 1. The molecule has 0 bridgehead atoms. The van der Waals surface area contributed by atoms with Crippen LogP contribution in [0.15, 0.2) is 47.8 Å². The summed E-state index contributed by atoms with van der Waals surface area (Å²) in [5.41, 5.74) is 3.77. The first-order valence-corrected chi connectivity index (χ1v) is 11.1. The molecule has 2 aliphatic rings. The summed E-state index contributed by atoms with van der Waals surface area (Å²) in [7, 11) is 0. The molecule has 6 heteroatoms. The largest absolute Gasteiger partial charge is 0.368 e. The highest BCUT2D eigenvalue weighted by Gasteiger charge is 2.31. The van der Waals surface area contributed by atoms with Crippen LogP contribution in [0.5, 0.6) is 0 Å². The molecule has 1 aromatic carbocycles. The van der Waals surface area contributed by atoms with Crippen LogP contribution in [0.2, 0.25) is 0 Å². The van der Waals surface area contributed by atoms with Gasteiger partial charge in [-0.15, -0.1) is 11.3 Å². The average Bonchev–Trinajstić information content (AvgIpc) is 3.29. The molecule has 0 saturated carbocycles. The van der Waals surface area contributed by atoms with Gasteiger partial charge in [-0.3, -0.25) is 4.79 Å². The number of rotatable bonds is 3. The van der Waals surface area contributed by atoms with Crippen molar-refractivity contribution in [2.24, 2.45) is 0 Å². The van der Waals surface area contributed by atoms with Crippen molar-refractivity contribution < 1.29 is 4.79 Å². The molecule has 1 aliphatic carbocycles. The van der Waals surface area contributed by atoms with Crippen LogP contribution in [0.3, 0.4) is 0 Å². The lowest BCUT2D eigenvalue weighted by molar-refractivity contribution is 0.0962. The second kappa shape index (κ2) is 7.59. The van der Waals surface area contributed by atoms with Crippen molar-refractivity contribution in [3.05, 3.63) is 69.7 Å². The Morgan fingerprint density at radius 1 is 0.931 bits per heavy atom. The number of fused-ring (bicyclic) bond motifs is 1. The van der Waals surface area contributed by atoms with E-state index in [9.17, 15) is 4.79 Å². The summed E-state index contributed by atoms with van der Waals surface area (Å²) in [4.78, 5) is 28.3. The smallest absolute Gasteiger partial charge is 0.225 e. The average molecular weight is 405 g/mol. The van der Waals surface area contributed by atoms with Gasteiger partial charge in [-0.25, -0.2) is 9.97 Å². The standard InChI is InChI=1S/C23H24N4OS/c1-16-22-19(14-17(15-20(22)28)21-8-5-13-29-21)25-23(24-16)27-11-9-26(10-12-27)18-6-3-2-4-7-18/h2-8,13,17H,9-12,14-15H2,1H3. The van der Waals surface area contributed by atoms with E-state index in [0.29, 0.717) is 6.42 Å². The molecule has 0 amide bonds. The Balaban J connectivity index is 1.37. The Labute approximate surface area is 175 Å². The molecule has 3 aromatic rings. The lowest BCUT2D eigenvalue weighted by Crippen LogP contribution is -2.47. The molecule has 148 valence electrons. The van der Waals surface area contributed by atoms with Gasteiger partial charge in [0.25, 0.3) is 0 Å². The summed E-state index contributed by atoms with van der Waals surface area (Å²) >= 11 is 1.73. The predicted molar refractivity (Wildman–Crippen MR) is 117 cm³/mol. The summed E-state index contributed by atoms with van der Waals surface area (Å²) in [5.74, 6) is 1.20. The van der Waals surface area contributed by atoms with Gasteiger partial charge in [-0.1, -0.05) is 24.3 Å². The van der Waals surface area contributed by atoms with E-state index in [1.807, 2.05) is 13.0 Å². The van der Waals surface area contributed by atoms with E-state index in [0.717, 1.165) is 55.5 Å². The highest BCUT2D eigenvalue weighted by Crippen LogP contribution is 2.35. The second-order valence-electron chi connectivity index (χ2n) is 7.78. The number of nitrogens with zero attached hydrogens (tertiary/aromatic N) is 4. The molecule has 5 rings (SSSR count). The van der Waals surface area contributed by atoms with Gasteiger partial charge in [0.15, 0.2) is 5.78 Å². The summed E-state index contributed by atoms with van der Waals surface area (Å²) in [5, 5.41) is 2.08. The number of aromatic nitrogens is 2. The number of carbonyl (C=O) groups excluding carboxylic acids is 1. The third kappa shape index (κ3) is 3.53. The summed E-state index contributed by atoms with van der Waals surface area (Å²) < 4.78 is 0. The quantitative estimate of drug-likeness (QED) is 0.658. The third-order valence-electron chi connectivity index (χ3n) is 5.93. The molecule has 0 radical (unpaired) electrons. The number of piperazine rings is 1. The van der Waals surface area contributed by atoms with Crippen molar-refractivity contribution in [3.8, 4) is 0 Å². The molecule has 1 fully saturated rings. The van der Waals surface area contributed by atoms with Crippen molar-refractivity contribution >= 4 is 28.8 Å². The minimum Gasteiger partial charge on any atom is -0.368 e. The van der Waals surface area contributed by atoms with E-state index in [-0.39, 0.29) is 11.7 Å². The van der Waals surface area contributed by atoms with Crippen LogP contribution in [0.4, 0.5) is 11.6 Å². The number of ketones is 1. The Bertz CT molecular complexity index is 1010.